The zero-order chi connectivity index (χ0) is 17.8. The van der Waals surface area contributed by atoms with Crippen molar-refractivity contribution >= 4 is 17.7 Å². The molecule has 0 heterocycles. The number of nitrogens with two attached hydrogens (primary N) is 1. The van der Waals surface area contributed by atoms with Gasteiger partial charge in [0.2, 0.25) is 5.54 Å². The molecule has 23 heavy (non-hydrogen) atoms. The van der Waals surface area contributed by atoms with Crippen LogP contribution >= 0.6 is 0 Å². The Morgan fingerprint density at radius 2 is 1.26 bits per heavy atom. The van der Waals surface area contributed by atoms with Crippen molar-refractivity contribution < 1.29 is 23.9 Å². The minimum absolute atomic E-state index is 0.0208. The monoisotopic (exact) mass is 325 g/mol. The minimum Gasteiger partial charge on any atom is -0.458 e. The van der Waals surface area contributed by atoms with Gasteiger partial charge >= 0.3 is 11.9 Å². The van der Waals surface area contributed by atoms with Gasteiger partial charge in [-0.15, -0.1) is 0 Å². The van der Waals surface area contributed by atoms with E-state index in [0.29, 0.717) is 12.8 Å². The molecule has 3 atom stereocenters. The first kappa shape index (κ1) is 17.9. The standard InChI is InChI=1S/C17H27NO5/c1-15(2,3)22-13(20)17(18,14(21)23-16(4,5)6)12-10-7-9(19)8-11(10)12/h10-12H,7-8,18H2,1-6H3/t10-,11+,12?. The summed E-state index contributed by atoms with van der Waals surface area (Å²) in [6.45, 7) is 10.3. The third-order valence-corrected chi connectivity index (χ3v) is 4.26. The Morgan fingerprint density at radius 1 is 0.913 bits per heavy atom. The molecular formula is C17H27NO5. The molecule has 130 valence electrons. The summed E-state index contributed by atoms with van der Waals surface area (Å²) >= 11 is 0. The van der Waals surface area contributed by atoms with Crippen LogP contribution in [0.25, 0.3) is 0 Å². The SMILES string of the molecule is CC(C)(C)OC(=O)C(N)(C(=O)OC(C)(C)C)C1[C@H]2CC(=O)C[C@@H]12. The van der Waals surface area contributed by atoms with Crippen LogP contribution in [0.4, 0.5) is 0 Å². The topological polar surface area (TPSA) is 95.7 Å². The zero-order valence-corrected chi connectivity index (χ0v) is 14.8. The van der Waals surface area contributed by atoms with E-state index in [1.165, 1.54) is 0 Å². The van der Waals surface area contributed by atoms with Crippen molar-refractivity contribution in [1.82, 2.24) is 0 Å². The van der Waals surface area contributed by atoms with Gasteiger partial charge in [0.25, 0.3) is 0 Å². The van der Waals surface area contributed by atoms with Crippen LogP contribution in [0.2, 0.25) is 0 Å². The summed E-state index contributed by atoms with van der Waals surface area (Å²) < 4.78 is 10.8. The number of hydrogen-bond donors (Lipinski definition) is 1. The van der Waals surface area contributed by atoms with E-state index >= 15 is 0 Å². The molecule has 0 aliphatic heterocycles. The molecule has 6 heteroatoms. The molecule has 0 aromatic rings. The highest BCUT2D eigenvalue weighted by atomic mass is 16.6. The number of ether oxygens (including phenoxy) is 2. The fraction of sp³-hybridized carbons (Fsp3) is 0.824. The van der Waals surface area contributed by atoms with Gasteiger partial charge in [-0.2, -0.15) is 0 Å². The third kappa shape index (κ3) is 3.57. The molecule has 6 nitrogen and oxygen atoms in total. The number of Topliss-reactive ketones (excluding diaryl/α,β-unsaturated/α-hetero) is 1. The van der Waals surface area contributed by atoms with E-state index in [1.807, 2.05) is 0 Å². The van der Waals surface area contributed by atoms with Crippen molar-refractivity contribution in [2.45, 2.75) is 71.1 Å². The van der Waals surface area contributed by atoms with E-state index in [0.717, 1.165) is 0 Å². The second kappa shape index (κ2) is 5.30. The Kier molecular flexibility index (Phi) is 4.13. The predicted molar refractivity (Wildman–Crippen MR) is 83.3 cm³/mol. The molecule has 0 saturated heterocycles. The number of hydrogen-bond acceptors (Lipinski definition) is 6. The number of esters is 2. The highest BCUT2D eigenvalue weighted by Gasteiger charge is 2.70. The summed E-state index contributed by atoms with van der Waals surface area (Å²) in [5.74, 6) is -1.81. The average Bonchev–Trinajstić information content (AvgIpc) is 2.82. The van der Waals surface area contributed by atoms with Gasteiger partial charge in [-0.05, 0) is 53.4 Å². The molecule has 0 aromatic carbocycles. The van der Waals surface area contributed by atoms with Gasteiger partial charge in [0, 0.05) is 18.8 Å². The van der Waals surface area contributed by atoms with E-state index in [1.54, 1.807) is 41.5 Å². The van der Waals surface area contributed by atoms with Crippen molar-refractivity contribution in [3.05, 3.63) is 0 Å². The number of carbonyl (C=O) groups excluding carboxylic acids is 3. The van der Waals surface area contributed by atoms with Crippen LogP contribution in [0.15, 0.2) is 0 Å². The Morgan fingerprint density at radius 3 is 1.57 bits per heavy atom. The Labute approximate surface area is 137 Å². The number of carbonyl (C=O) groups is 3. The lowest BCUT2D eigenvalue weighted by molar-refractivity contribution is -0.179. The highest BCUT2D eigenvalue weighted by Crippen LogP contribution is 2.60. The van der Waals surface area contributed by atoms with Gasteiger partial charge in [-0.25, -0.2) is 9.59 Å². The van der Waals surface area contributed by atoms with Gasteiger partial charge in [-0.3, -0.25) is 4.79 Å². The van der Waals surface area contributed by atoms with Crippen LogP contribution in [0.1, 0.15) is 54.4 Å². The lowest BCUT2D eigenvalue weighted by Gasteiger charge is -2.33. The van der Waals surface area contributed by atoms with Gasteiger partial charge in [0.05, 0.1) is 0 Å². The predicted octanol–water partition coefficient (Wildman–Crippen LogP) is 1.59. The van der Waals surface area contributed by atoms with Crippen LogP contribution in [-0.2, 0) is 23.9 Å². The van der Waals surface area contributed by atoms with Crippen LogP contribution in [0.3, 0.4) is 0 Å². The second-order valence-corrected chi connectivity index (χ2v) is 8.67. The first-order valence-corrected chi connectivity index (χ1v) is 8.03. The molecule has 2 N–H and O–H groups in total. The average molecular weight is 325 g/mol. The fourth-order valence-electron chi connectivity index (χ4n) is 3.37. The van der Waals surface area contributed by atoms with Crippen LogP contribution in [0, 0.1) is 17.8 Å². The van der Waals surface area contributed by atoms with Crippen molar-refractivity contribution in [2.24, 2.45) is 23.5 Å². The fourth-order valence-corrected chi connectivity index (χ4v) is 3.37. The summed E-state index contributed by atoms with van der Waals surface area (Å²) in [5, 5.41) is 0. The molecule has 0 radical (unpaired) electrons. The zero-order valence-electron chi connectivity index (χ0n) is 14.8. The quantitative estimate of drug-likeness (QED) is 0.625. The number of rotatable bonds is 3. The molecule has 2 fully saturated rings. The lowest BCUT2D eigenvalue weighted by atomic mass is 9.88. The van der Waals surface area contributed by atoms with Crippen molar-refractivity contribution in [3.8, 4) is 0 Å². The molecule has 1 unspecified atom stereocenters. The largest absolute Gasteiger partial charge is 0.458 e. The molecule has 2 rings (SSSR count). The molecule has 2 aliphatic rings. The van der Waals surface area contributed by atoms with Crippen molar-refractivity contribution in [2.75, 3.05) is 0 Å². The van der Waals surface area contributed by atoms with Crippen LogP contribution < -0.4 is 5.73 Å². The van der Waals surface area contributed by atoms with E-state index < -0.39 is 28.7 Å². The minimum atomic E-state index is -1.85. The Hall–Kier alpha value is -1.43. The molecule has 2 saturated carbocycles. The van der Waals surface area contributed by atoms with Crippen molar-refractivity contribution in [3.63, 3.8) is 0 Å². The molecule has 0 bridgehead atoms. The lowest BCUT2D eigenvalue weighted by Crippen LogP contribution is -2.61. The maximum Gasteiger partial charge on any atom is 0.338 e. The summed E-state index contributed by atoms with van der Waals surface area (Å²) in [5.41, 5.74) is 2.91. The molecule has 0 spiro atoms. The van der Waals surface area contributed by atoms with Crippen LogP contribution in [0.5, 0.6) is 0 Å². The Balaban J connectivity index is 2.27. The summed E-state index contributed by atoms with van der Waals surface area (Å²) in [4.78, 5) is 36.8. The number of fused-ring (bicyclic) bond motifs is 1. The summed E-state index contributed by atoms with van der Waals surface area (Å²) in [7, 11) is 0. The van der Waals surface area contributed by atoms with Crippen LogP contribution in [-0.4, -0.2) is 34.5 Å². The molecule has 0 aromatic heterocycles. The van der Waals surface area contributed by atoms with E-state index in [-0.39, 0.29) is 23.5 Å². The van der Waals surface area contributed by atoms with E-state index in [2.05, 4.69) is 0 Å². The molecule has 0 amide bonds. The van der Waals surface area contributed by atoms with E-state index in [4.69, 9.17) is 15.2 Å². The van der Waals surface area contributed by atoms with Gasteiger partial charge < -0.3 is 15.2 Å². The number of ketones is 1. The highest BCUT2D eigenvalue weighted by molar-refractivity contribution is 6.06. The van der Waals surface area contributed by atoms with Gasteiger partial charge in [-0.1, -0.05) is 0 Å². The second-order valence-electron chi connectivity index (χ2n) is 8.67. The summed E-state index contributed by atoms with van der Waals surface area (Å²) in [6, 6.07) is 0. The van der Waals surface area contributed by atoms with Gasteiger partial charge in [0.15, 0.2) is 0 Å². The third-order valence-electron chi connectivity index (χ3n) is 4.26. The first-order chi connectivity index (χ1) is 10.3. The molecule has 2 aliphatic carbocycles. The normalized spacial score (nSPS) is 27.4. The molecular weight excluding hydrogens is 298 g/mol. The first-order valence-electron chi connectivity index (χ1n) is 8.03. The Bertz CT molecular complexity index is 498. The van der Waals surface area contributed by atoms with Crippen molar-refractivity contribution in [1.29, 1.82) is 0 Å². The van der Waals surface area contributed by atoms with Gasteiger partial charge in [0.1, 0.15) is 17.0 Å². The maximum atomic E-state index is 12.7. The smallest absolute Gasteiger partial charge is 0.338 e. The maximum absolute atomic E-state index is 12.7. The van der Waals surface area contributed by atoms with E-state index in [9.17, 15) is 14.4 Å². The summed E-state index contributed by atoms with van der Waals surface area (Å²) in [6.07, 6.45) is 0.750.